The summed E-state index contributed by atoms with van der Waals surface area (Å²) < 4.78 is 65.1. The Bertz CT molecular complexity index is 1030. The van der Waals surface area contributed by atoms with Crippen LogP contribution in [-0.2, 0) is 9.53 Å². The second kappa shape index (κ2) is 8.02. The lowest BCUT2D eigenvalue weighted by Gasteiger charge is -2.27. The Morgan fingerprint density at radius 3 is 2.31 bits per heavy atom. The van der Waals surface area contributed by atoms with Crippen molar-refractivity contribution in [2.45, 2.75) is 38.5 Å². The average molecular weight is 411 g/mol. The summed E-state index contributed by atoms with van der Waals surface area (Å²) in [7, 11) is 1.14. The van der Waals surface area contributed by atoms with Crippen molar-refractivity contribution in [3.05, 3.63) is 47.8 Å². The fourth-order valence-electron chi connectivity index (χ4n) is 3.37. The van der Waals surface area contributed by atoms with Gasteiger partial charge in [-0.3, -0.25) is 10.1 Å². The molecule has 0 saturated carbocycles. The quantitative estimate of drug-likeness (QED) is 0.430. The van der Waals surface area contributed by atoms with Crippen molar-refractivity contribution in [1.29, 1.82) is 0 Å². The van der Waals surface area contributed by atoms with Crippen LogP contribution in [0.25, 0.3) is 21.9 Å². The molecular weight excluding hydrogens is 390 g/mol. The molecule has 29 heavy (non-hydrogen) atoms. The van der Waals surface area contributed by atoms with E-state index in [4.69, 9.17) is 4.42 Å². The smallest absolute Gasteiger partial charge is 0.407 e. The first kappa shape index (κ1) is 21.1. The Morgan fingerprint density at radius 1 is 1.10 bits per heavy atom. The first-order chi connectivity index (χ1) is 13.6. The number of esters is 1. The number of alkyl halides is 3. The molecule has 3 aromatic rings. The molecule has 0 aliphatic heterocycles. The highest BCUT2D eigenvalue weighted by Crippen LogP contribution is 2.37. The van der Waals surface area contributed by atoms with Crippen molar-refractivity contribution < 1.29 is 31.5 Å². The molecule has 0 saturated heterocycles. The molecule has 0 bridgehead atoms. The van der Waals surface area contributed by atoms with Crippen LogP contribution in [-0.4, -0.2) is 25.3 Å². The van der Waals surface area contributed by atoms with Gasteiger partial charge in [0.1, 0.15) is 29.1 Å². The van der Waals surface area contributed by atoms with E-state index in [-0.39, 0.29) is 29.1 Å². The second-order valence-corrected chi connectivity index (χ2v) is 7.34. The number of furan rings is 1. The van der Waals surface area contributed by atoms with E-state index in [2.05, 4.69) is 10.1 Å². The third-order valence-corrected chi connectivity index (χ3v) is 4.68. The zero-order valence-electron chi connectivity index (χ0n) is 16.1. The van der Waals surface area contributed by atoms with Gasteiger partial charge in [-0.25, -0.2) is 4.39 Å². The summed E-state index contributed by atoms with van der Waals surface area (Å²) in [4.78, 5) is 12.0. The van der Waals surface area contributed by atoms with Gasteiger partial charge in [0.2, 0.25) is 0 Å². The molecule has 3 rings (SSSR count). The van der Waals surface area contributed by atoms with Crippen LogP contribution >= 0.6 is 0 Å². The molecule has 1 N–H and O–H groups in total. The van der Waals surface area contributed by atoms with Crippen LogP contribution in [0.3, 0.4) is 0 Å². The van der Waals surface area contributed by atoms with Crippen LogP contribution < -0.4 is 5.32 Å². The zero-order chi connectivity index (χ0) is 21.3. The predicted molar refractivity (Wildman–Crippen MR) is 101 cm³/mol. The molecule has 0 spiro atoms. The summed E-state index contributed by atoms with van der Waals surface area (Å²) in [5.74, 6) is -1.28. The van der Waals surface area contributed by atoms with E-state index >= 15 is 0 Å². The molecule has 2 atom stereocenters. The van der Waals surface area contributed by atoms with Gasteiger partial charge in [0.25, 0.3) is 0 Å². The van der Waals surface area contributed by atoms with Gasteiger partial charge in [-0.1, -0.05) is 26.0 Å². The van der Waals surface area contributed by atoms with E-state index in [0.717, 1.165) is 7.11 Å². The van der Waals surface area contributed by atoms with Gasteiger partial charge in [-0.05, 0) is 36.1 Å². The van der Waals surface area contributed by atoms with Gasteiger partial charge >= 0.3 is 12.1 Å². The Balaban J connectivity index is 2.03. The Morgan fingerprint density at radius 2 is 1.72 bits per heavy atom. The standard InChI is InChI=1S/C21H21F4NO3/c1-11(2)8-16(20(27)28-3)26-19(21(23,24)25)12-4-6-14-15-7-5-13(22)10-18(15)29-17(14)9-12/h4-7,9-11,16,19,26H,8H2,1-3H3/t16-,19?/m0/s1. The average Bonchev–Trinajstić information content (AvgIpc) is 2.99. The molecule has 8 heteroatoms. The first-order valence-electron chi connectivity index (χ1n) is 9.12. The highest BCUT2D eigenvalue weighted by Gasteiger charge is 2.43. The number of carbonyl (C=O) groups excluding carboxylic acids is 1. The van der Waals surface area contributed by atoms with Crippen LogP contribution in [0.5, 0.6) is 0 Å². The highest BCUT2D eigenvalue weighted by atomic mass is 19.4. The number of ether oxygens (including phenoxy) is 1. The predicted octanol–water partition coefficient (Wildman–Crippen LogP) is 5.51. The van der Waals surface area contributed by atoms with Crippen molar-refractivity contribution in [2.75, 3.05) is 7.11 Å². The van der Waals surface area contributed by atoms with Crippen LogP contribution in [0.1, 0.15) is 31.9 Å². The van der Waals surface area contributed by atoms with Crippen LogP contribution in [0, 0.1) is 11.7 Å². The van der Waals surface area contributed by atoms with Crippen molar-refractivity contribution >= 4 is 27.9 Å². The molecule has 0 radical (unpaired) electrons. The SMILES string of the molecule is COC(=O)[C@H](CC(C)C)NC(c1ccc2c(c1)oc1cc(F)ccc12)C(F)(F)F. The number of benzene rings is 2. The fourth-order valence-corrected chi connectivity index (χ4v) is 3.37. The molecule has 0 fully saturated rings. The maximum atomic E-state index is 13.8. The van der Waals surface area contributed by atoms with Gasteiger partial charge in [-0.2, -0.15) is 13.2 Å². The van der Waals surface area contributed by atoms with Crippen molar-refractivity contribution in [3.63, 3.8) is 0 Å². The topological polar surface area (TPSA) is 51.5 Å². The molecule has 2 aromatic carbocycles. The molecule has 1 unspecified atom stereocenters. The minimum absolute atomic E-state index is 0.0202. The van der Waals surface area contributed by atoms with E-state index in [1.807, 2.05) is 0 Å². The van der Waals surface area contributed by atoms with E-state index in [1.54, 1.807) is 13.8 Å². The molecule has 1 aromatic heterocycles. The van der Waals surface area contributed by atoms with Crippen molar-refractivity contribution in [3.8, 4) is 0 Å². The summed E-state index contributed by atoms with van der Waals surface area (Å²) >= 11 is 0. The van der Waals surface area contributed by atoms with Gasteiger partial charge in [0.05, 0.1) is 7.11 Å². The summed E-state index contributed by atoms with van der Waals surface area (Å²) in [6, 6.07) is 4.85. The third-order valence-electron chi connectivity index (χ3n) is 4.68. The van der Waals surface area contributed by atoms with Crippen molar-refractivity contribution in [1.82, 2.24) is 5.32 Å². The summed E-state index contributed by atoms with van der Waals surface area (Å²) in [6.45, 7) is 3.61. The van der Waals surface area contributed by atoms with Crippen molar-refractivity contribution in [2.24, 2.45) is 5.92 Å². The first-order valence-corrected chi connectivity index (χ1v) is 9.12. The Kier molecular flexibility index (Phi) is 5.84. The van der Waals surface area contributed by atoms with Crippen LogP contribution in [0.4, 0.5) is 17.6 Å². The fraction of sp³-hybridized carbons (Fsp3) is 0.381. The molecular formula is C21H21F4NO3. The Hall–Kier alpha value is -2.61. The molecule has 0 aliphatic carbocycles. The number of fused-ring (bicyclic) bond motifs is 3. The van der Waals surface area contributed by atoms with Gasteiger partial charge in [0, 0.05) is 16.8 Å². The summed E-state index contributed by atoms with van der Waals surface area (Å²) in [5, 5.41) is 3.59. The van der Waals surface area contributed by atoms with E-state index in [1.165, 1.54) is 36.4 Å². The molecule has 4 nitrogen and oxygen atoms in total. The lowest BCUT2D eigenvalue weighted by atomic mass is 9.99. The minimum atomic E-state index is -4.66. The van der Waals surface area contributed by atoms with E-state index < -0.39 is 30.0 Å². The molecule has 1 heterocycles. The molecule has 156 valence electrons. The lowest BCUT2D eigenvalue weighted by Crippen LogP contribution is -2.45. The number of nitrogens with one attached hydrogen (secondary N) is 1. The number of methoxy groups -OCH3 is 1. The lowest BCUT2D eigenvalue weighted by molar-refractivity contribution is -0.164. The van der Waals surface area contributed by atoms with E-state index in [9.17, 15) is 22.4 Å². The maximum absolute atomic E-state index is 13.8. The molecule has 0 aliphatic rings. The third kappa shape index (κ3) is 4.53. The number of rotatable bonds is 6. The number of halogens is 4. The monoisotopic (exact) mass is 411 g/mol. The van der Waals surface area contributed by atoms with Crippen LogP contribution in [0.2, 0.25) is 0 Å². The van der Waals surface area contributed by atoms with Gasteiger partial charge in [0.15, 0.2) is 0 Å². The largest absolute Gasteiger partial charge is 0.468 e. The summed E-state index contributed by atoms with van der Waals surface area (Å²) in [6.07, 6.45) is -4.47. The Labute approximate surface area is 164 Å². The number of hydrogen-bond acceptors (Lipinski definition) is 4. The van der Waals surface area contributed by atoms with Gasteiger partial charge < -0.3 is 9.15 Å². The molecule has 0 amide bonds. The number of carbonyl (C=O) groups is 1. The number of hydrogen-bond donors (Lipinski definition) is 1. The zero-order valence-corrected chi connectivity index (χ0v) is 16.1. The minimum Gasteiger partial charge on any atom is -0.468 e. The normalized spacial score (nSPS) is 14.5. The van der Waals surface area contributed by atoms with Gasteiger partial charge in [-0.15, -0.1) is 0 Å². The highest BCUT2D eigenvalue weighted by molar-refractivity contribution is 6.04. The second-order valence-electron chi connectivity index (χ2n) is 7.34. The van der Waals surface area contributed by atoms with Crippen LogP contribution in [0.15, 0.2) is 40.8 Å². The maximum Gasteiger partial charge on any atom is 0.407 e. The summed E-state index contributed by atoms with van der Waals surface area (Å²) in [5.41, 5.74) is 0.348. The van der Waals surface area contributed by atoms with E-state index in [0.29, 0.717) is 10.8 Å².